The van der Waals surface area contributed by atoms with Crippen LogP contribution in [-0.4, -0.2) is 98.0 Å². The second-order valence-corrected chi connectivity index (χ2v) is 19.5. The van der Waals surface area contributed by atoms with Crippen molar-refractivity contribution >= 4 is 5.57 Å². The number of aliphatic hydroxyl groups is 2. The number of likely N-dealkylation sites (tertiary alicyclic amines) is 2. The average Bonchev–Trinajstić information content (AvgIpc) is 3.60. The molecule has 2 N–H and O–H groups in total. The number of rotatable bonds is 22. The molecule has 4 aliphatic carbocycles. The molecule has 6 nitrogen and oxygen atoms in total. The van der Waals surface area contributed by atoms with Crippen LogP contribution in [0.2, 0.25) is 0 Å². The van der Waals surface area contributed by atoms with Crippen LogP contribution in [0.25, 0.3) is 5.57 Å². The maximum absolute atomic E-state index is 9.74. The van der Waals surface area contributed by atoms with Crippen molar-refractivity contribution < 1.29 is 28.7 Å². The van der Waals surface area contributed by atoms with Crippen molar-refractivity contribution in [3.63, 3.8) is 0 Å². The van der Waals surface area contributed by atoms with Crippen molar-refractivity contribution in [3.8, 4) is 11.5 Å². The Morgan fingerprint density at radius 1 is 0.456 bits per heavy atom. The van der Waals surface area contributed by atoms with Gasteiger partial charge in [-0.05, 0) is 199 Å². The second kappa shape index (κ2) is 21.7. The van der Waals surface area contributed by atoms with E-state index >= 15 is 0 Å². The van der Waals surface area contributed by atoms with Crippen LogP contribution < -0.4 is 9.47 Å². The first-order chi connectivity index (χ1) is 28.1. The number of quaternary nitrogens is 2. The summed E-state index contributed by atoms with van der Waals surface area (Å²) in [5.74, 6) is 5.34. The molecular formula is C51H80N2O4+2. The van der Waals surface area contributed by atoms with E-state index in [9.17, 15) is 10.2 Å². The minimum Gasteiger partial charge on any atom is -0.494 e. The standard InChI is InChI=1S/C51H80N2O4/c54-33-31-52(25-9-1-2-10-26-52)29-13-5-7-15-35-56-48-21-17-44(18-22-48)50(51-46-38-42-37-43(40-46)41-47(51)39-42)45-19-23-49(24-20-45)57-36-16-8-6-14-30-53(32-34-55)27-11-3-4-12-28-53/h17-24,42-43,46-47,54-55H,1-16,25-41H2/q+2. The summed E-state index contributed by atoms with van der Waals surface area (Å²) in [7, 11) is 0. The lowest BCUT2D eigenvalue weighted by atomic mass is 9.53. The van der Waals surface area contributed by atoms with Crippen LogP contribution in [0.1, 0.15) is 146 Å². The summed E-state index contributed by atoms with van der Waals surface area (Å²) >= 11 is 0. The molecule has 4 bridgehead atoms. The van der Waals surface area contributed by atoms with Crippen molar-refractivity contribution in [2.24, 2.45) is 23.7 Å². The zero-order valence-electron chi connectivity index (χ0n) is 35.9. The van der Waals surface area contributed by atoms with Gasteiger partial charge in [-0.2, -0.15) is 0 Å². The number of hydrogen-bond acceptors (Lipinski definition) is 4. The summed E-state index contributed by atoms with van der Waals surface area (Å²) in [4.78, 5) is 0. The maximum atomic E-state index is 9.74. The molecule has 0 atom stereocenters. The minimum atomic E-state index is 0.323. The maximum Gasteiger partial charge on any atom is 0.119 e. The molecule has 8 rings (SSSR count). The normalized spacial score (nSPS) is 25.2. The summed E-state index contributed by atoms with van der Waals surface area (Å²) in [6.45, 7) is 11.6. The topological polar surface area (TPSA) is 58.9 Å². The Kier molecular flexibility index (Phi) is 16.3. The molecule has 2 aromatic carbocycles. The van der Waals surface area contributed by atoms with Crippen molar-refractivity contribution in [1.82, 2.24) is 0 Å². The lowest BCUT2D eigenvalue weighted by Gasteiger charge is -2.52. The minimum absolute atomic E-state index is 0.323. The molecule has 6 heteroatoms. The first-order valence-electron chi connectivity index (χ1n) is 24.2. The van der Waals surface area contributed by atoms with Crippen LogP contribution in [0.4, 0.5) is 0 Å². The SMILES string of the molecule is OCC[N+]1(CCCCCCOc2ccc(C(=C3C4CC5CC(C4)CC3C5)c3ccc(OCCCCCC[N+]4(CCO)CCCCCC4)cc3)cc2)CCCCCC1. The van der Waals surface area contributed by atoms with Gasteiger partial charge in [0.15, 0.2) is 0 Å². The molecule has 2 saturated heterocycles. The van der Waals surface area contributed by atoms with Crippen LogP contribution in [-0.2, 0) is 0 Å². The average molecular weight is 785 g/mol. The first-order valence-corrected chi connectivity index (χ1v) is 24.2. The molecule has 57 heavy (non-hydrogen) atoms. The lowest BCUT2D eigenvalue weighted by Crippen LogP contribution is -2.51. The molecule has 0 aromatic heterocycles. The zero-order valence-corrected chi connectivity index (χ0v) is 35.9. The molecule has 2 aliphatic heterocycles. The van der Waals surface area contributed by atoms with E-state index in [1.54, 1.807) is 5.57 Å². The summed E-state index contributed by atoms with van der Waals surface area (Å²) in [5, 5.41) is 19.5. The molecule has 6 fully saturated rings. The molecule has 0 radical (unpaired) electrons. The summed E-state index contributed by atoms with van der Waals surface area (Å²) in [6.07, 6.45) is 27.4. The summed E-state index contributed by atoms with van der Waals surface area (Å²) < 4.78 is 14.9. The van der Waals surface area contributed by atoms with E-state index in [0.717, 1.165) is 83.3 Å². The number of benzene rings is 2. The van der Waals surface area contributed by atoms with Gasteiger partial charge in [-0.25, -0.2) is 0 Å². The quantitative estimate of drug-likeness (QED) is 0.0922. The number of allylic oxidation sites excluding steroid dienone is 1. The van der Waals surface area contributed by atoms with E-state index in [1.807, 2.05) is 0 Å². The molecule has 0 unspecified atom stereocenters. The fourth-order valence-electron chi connectivity index (χ4n) is 12.5. The van der Waals surface area contributed by atoms with Gasteiger partial charge in [-0.15, -0.1) is 0 Å². The number of unbranched alkanes of at least 4 members (excludes halogenated alkanes) is 6. The molecule has 4 saturated carbocycles. The van der Waals surface area contributed by atoms with Crippen molar-refractivity contribution in [2.45, 2.75) is 135 Å². The van der Waals surface area contributed by atoms with Crippen LogP contribution in [0, 0.1) is 23.7 Å². The molecule has 0 spiro atoms. The Morgan fingerprint density at radius 2 is 0.842 bits per heavy atom. The van der Waals surface area contributed by atoms with E-state index < -0.39 is 0 Å². The lowest BCUT2D eigenvalue weighted by molar-refractivity contribution is -0.928. The molecule has 316 valence electrons. The van der Waals surface area contributed by atoms with E-state index in [2.05, 4.69) is 48.5 Å². The second-order valence-electron chi connectivity index (χ2n) is 19.5. The Balaban J connectivity index is 0.897. The smallest absolute Gasteiger partial charge is 0.119 e. The van der Waals surface area contributed by atoms with E-state index in [4.69, 9.17) is 9.47 Å². The molecule has 6 aliphatic rings. The highest BCUT2D eigenvalue weighted by molar-refractivity contribution is 5.83. The van der Waals surface area contributed by atoms with Gasteiger partial charge in [0.1, 0.15) is 24.6 Å². The Labute approximate surface area is 347 Å². The molecule has 2 heterocycles. The molecule has 2 aromatic rings. The van der Waals surface area contributed by atoms with Gasteiger partial charge in [0.25, 0.3) is 0 Å². The summed E-state index contributed by atoms with van der Waals surface area (Å²) in [5.41, 5.74) is 5.92. The Bertz CT molecular complexity index is 1370. The van der Waals surface area contributed by atoms with Crippen LogP contribution >= 0.6 is 0 Å². The predicted octanol–water partition coefficient (Wildman–Crippen LogP) is 10.6. The van der Waals surface area contributed by atoms with Gasteiger partial charge in [0.05, 0.1) is 65.7 Å². The van der Waals surface area contributed by atoms with Gasteiger partial charge in [-0.3, -0.25) is 0 Å². The van der Waals surface area contributed by atoms with E-state index in [-0.39, 0.29) is 0 Å². The van der Waals surface area contributed by atoms with Crippen molar-refractivity contribution in [3.05, 3.63) is 65.2 Å². The zero-order chi connectivity index (χ0) is 39.2. The molecular weight excluding hydrogens is 705 g/mol. The summed E-state index contributed by atoms with van der Waals surface area (Å²) in [6, 6.07) is 18.2. The third kappa shape index (κ3) is 11.9. The van der Waals surface area contributed by atoms with Gasteiger partial charge in [-0.1, -0.05) is 29.8 Å². The fraction of sp³-hybridized carbons (Fsp3) is 0.725. The monoisotopic (exact) mass is 785 g/mol. The van der Waals surface area contributed by atoms with E-state index in [1.165, 1.54) is 178 Å². The Hall–Kier alpha value is -2.38. The van der Waals surface area contributed by atoms with E-state index in [0.29, 0.717) is 13.2 Å². The van der Waals surface area contributed by atoms with Gasteiger partial charge >= 0.3 is 0 Å². The number of hydrogen-bond donors (Lipinski definition) is 2. The molecule has 0 amide bonds. The van der Waals surface area contributed by atoms with Gasteiger partial charge < -0.3 is 28.7 Å². The largest absolute Gasteiger partial charge is 0.494 e. The third-order valence-corrected chi connectivity index (χ3v) is 15.4. The number of ether oxygens (including phenoxy) is 2. The number of aliphatic hydroxyl groups excluding tert-OH is 2. The Morgan fingerprint density at radius 3 is 1.23 bits per heavy atom. The van der Waals surface area contributed by atoms with Crippen LogP contribution in [0.15, 0.2) is 54.1 Å². The van der Waals surface area contributed by atoms with Gasteiger partial charge in [0.2, 0.25) is 0 Å². The van der Waals surface area contributed by atoms with Crippen molar-refractivity contribution in [1.29, 1.82) is 0 Å². The van der Waals surface area contributed by atoms with Gasteiger partial charge in [0, 0.05) is 0 Å². The van der Waals surface area contributed by atoms with Crippen LogP contribution in [0.5, 0.6) is 11.5 Å². The first kappa shape index (κ1) is 42.7. The van der Waals surface area contributed by atoms with Crippen LogP contribution in [0.3, 0.4) is 0 Å². The highest BCUT2D eigenvalue weighted by Gasteiger charge is 2.46. The number of nitrogens with zero attached hydrogens (tertiary/aromatic N) is 2. The fourth-order valence-corrected chi connectivity index (χ4v) is 12.5. The predicted molar refractivity (Wildman–Crippen MR) is 234 cm³/mol. The highest BCUT2D eigenvalue weighted by atomic mass is 16.5. The van der Waals surface area contributed by atoms with Crippen molar-refractivity contribution in [2.75, 3.05) is 78.8 Å². The highest BCUT2D eigenvalue weighted by Crippen LogP contribution is 2.58. The third-order valence-electron chi connectivity index (χ3n) is 15.4.